The SMILES string of the molecule is OC[C@H]1O[C@@H](c2ccc(Cl)c(Cc3ccc4c(c3)CCCO4)c2)[C@H](O)[C@@H](O)[C@@H]1O. The molecule has 0 unspecified atom stereocenters. The van der Waals surface area contributed by atoms with Crippen molar-refractivity contribution in [3.05, 3.63) is 63.7 Å². The van der Waals surface area contributed by atoms with Gasteiger partial charge in [-0.05, 0) is 53.6 Å². The van der Waals surface area contributed by atoms with Crippen LogP contribution in [0.1, 0.15) is 34.8 Å². The summed E-state index contributed by atoms with van der Waals surface area (Å²) in [5, 5.41) is 40.5. The standard InChI is InChI=1S/C22H25ClO6/c23-16-5-4-14(22-21(27)20(26)19(25)18(11-24)29-22)10-15(16)9-12-3-6-17-13(8-12)2-1-7-28-17/h3-6,8,10,18-22,24-27H,1-2,7,9,11H2/t18-,19-,20+,21-,22+/m1/s1. The molecule has 2 aromatic rings. The number of halogens is 1. The van der Waals surface area contributed by atoms with Gasteiger partial charge in [-0.1, -0.05) is 35.9 Å². The molecular formula is C22H25ClO6. The molecule has 2 aliphatic heterocycles. The zero-order valence-corrected chi connectivity index (χ0v) is 16.6. The Morgan fingerprint density at radius 1 is 1.00 bits per heavy atom. The number of aliphatic hydroxyl groups excluding tert-OH is 4. The van der Waals surface area contributed by atoms with Gasteiger partial charge in [-0.15, -0.1) is 0 Å². The average molecular weight is 421 g/mol. The van der Waals surface area contributed by atoms with Gasteiger partial charge in [0.2, 0.25) is 0 Å². The van der Waals surface area contributed by atoms with Crippen LogP contribution in [0.3, 0.4) is 0 Å². The van der Waals surface area contributed by atoms with Crippen molar-refractivity contribution in [1.82, 2.24) is 0 Å². The lowest BCUT2D eigenvalue weighted by Gasteiger charge is -2.40. The molecule has 0 aliphatic carbocycles. The van der Waals surface area contributed by atoms with E-state index in [1.165, 1.54) is 5.56 Å². The number of aliphatic hydroxyl groups is 4. The maximum absolute atomic E-state index is 10.4. The Morgan fingerprint density at radius 2 is 1.83 bits per heavy atom. The van der Waals surface area contributed by atoms with Crippen LogP contribution in [0.2, 0.25) is 5.02 Å². The van der Waals surface area contributed by atoms with Crippen molar-refractivity contribution in [2.75, 3.05) is 13.2 Å². The first-order valence-electron chi connectivity index (χ1n) is 9.81. The maximum Gasteiger partial charge on any atom is 0.122 e. The lowest BCUT2D eigenvalue weighted by molar-refractivity contribution is -0.231. The second kappa shape index (κ2) is 8.60. The lowest BCUT2D eigenvalue weighted by atomic mass is 9.90. The van der Waals surface area contributed by atoms with Crippen LogP contribution in [0.25, 0.3) is 0 Å². The van der Waals surface area contributed by atoms with Gasteiger partial charge in [-0.2, -0.15) is 0 Å². The Balaban J connectivity index is 1.59. The quantitative estimate of drug-likeness (QED) is 0.601. The summed E-state index contributed by atoms with van der Waals surface area (Å²) in [7, 11) is 0. The van der Waals surface area contributed by atoms with Gasteiger partial charge in [0, 0.05) is 5.02 Å². The Hall–Kier alpha value is -1.67. The normalized spacial score (nSPS) is 29.2. The Kier molecular flexibility index (Phi) is 6.11. The first kappa shape index (κ1) is 20.6. The molecule has 0 saturated carbocycles. The van der Waals surface area contributed by atoms with Gasteiger partial charge in [0.25, 0.3) is 0 Å². The minimum atomic E-state index is -1.41. The molecule has 0 spiro atoms. The molecule has 0 radical (unpaired) electrons. The smallest absolute Gasteiger partial charge is 0.122 e. The highest BCUT2D eigenvalue weighted by molar-refractivity contribution is 6.31. The van der Waals surface area contributed by atoms with E-state index in [1.807, 2.05) is 18.2 Å². The lowest BCUT2D eigenvalue weighted by Crippen LogP contribution is -2.55. The summed E-state index contributed by atoms with van der Waals surface area (Å²) < 4.78 is 11.3. The van der Waals surface area contributed by atoms with Crippen LogP contribution in [-0.2, 0) is 17.6 Å². The molecule has 2 heterocycles. The summed E-state index contributed by atoms with van der Waals surface area (Å²) in [5.41, 5.74) is 3.78. The van der Waals surface area contributed by atoms with Crippen molar-refractivity contribution < 1.29 is 29.9 Å². The van der Waals surface area contributed by atoms with E-state index in [-0.39, 0.29) is 0 Å². The van der Waals surface area contributed by atoms with E-state index in [9.17, 15) is 20.4 Å². The molecular weight excluding hydrogens is 396 g/mol. The highest BCUT2D eigenvalue weighted by atomic mass is 35.5. The third kappa shape index (κ3) is 4.14. The number of benzene rings is 2. The fraction of sp³-hybridized carbons (Fsp3) is 0.455. The molecule has 4 rings (SSSR count). The van der Waals surface area contributed by atoms with Gasteiger partial charge < -0.3 is 29.9 Å². The Morgan fingerprint density at radius 3 is 2.62 bits per heavy atom. The highest BCUT2D eigenvalue weighted by Crippen LogP contribution is 2.35. The van der Waals surface area contributed by atoms with Gasteiger partial charge in [0.15, 0.2) is 0 Å². The molecule has 1 fully saturated rings. The van der Waals surface area contributed by atoms with Gasteiger partial charge in [0.05, 0.1) is 13.2 Å². The molecule has 1 saturated heterocycles. The number of fused-ring (bicyclic) bond motifs is 1. The van der Waals surface area contributed by atoms with E-state index in [0.29, 0.717) is 17.0 Å². The highest BCUT2D eigenvalue weighted by Gasteiger charge is 2.44. The molecule has 29 heavy (non-hydrogen) atoms. The molecule has 2 aromatic carbocycles. The summed E-state index contributed by atoms with van der Waals surface area (Å²) in [5.74, 6) is 0.932. The van der Waals surface area contributed by atoms with Crippen molar-refractivity contribution in [2.45, 2.75) is 49.8 Å². The Bertz CT molecular complexity index is 870. The van der Waals surface area contributed by atoms with E-state index in [0.717, 1.165) is 36.3 Å². The monoisotopic (exact) mass is 420 g/mol. The van der Waals surface area contributed by atoms with Crippen LogP contribution in [0.15, 0.2) is 36.4 Å². The first-order chi connectivity index (χ1) is 14.0. The predicted molar refractivity (Wildman–Crippen MR) is 107 cm³/mol. The van der Waals surface area contributed by atoms with Gasteiger partial charge in [-0.25, -0.2) is 0 Å². The summed E-state index contributed by atoms with van der Waals surface area (Å²) in [4.78, 5) is 0. The number of hydrogen-bond donors (Lipinski definition) is 4. The van der Waals surface area contributed by atoms with E-state index in [2.05, 4.69) is 6.07 Å². The number of hydrogen-bond acceptors (Lipinski definition) is 6. The molecule has 0 bridgehead atoms. The fourth-order valence-corrected chi connectivity index (χ4v) is 4.21. The molecule has 2 aliphatic rings. The van der Waals surface area contributed by atoms with Crippen molar-refractivity contribution in [3.8, 4) is 5.75 Å². The third-order valence-corrected chi connectivity index (χ3v) is 6.03. The maximum atomic E-state index is 10.4. The molecule has 7 heteroatoms. The summed E-state index contributed by atoms with van der Waals surface area (Å²) >= 11 is 6.42. The first-order valence-corrected chi connectivity index (χ1v) is 10.2. The zero-order chi connectivity index (χ0) is 20.5. The molecule has 0 amide bonds. The molecule has 5 atom stereocenters. The summed E-state index contributed by atoms with van der Waals surface area (Å²) in [6, 6.07) is 11.4. The van der Waals surface area contributed by atoms with E-state index >= 15 is 0 Å². The predicted octanol–water partition coefficient (Wildman–Crippen LogP) is 1.77. The van der Waals surface area contributed by atoms with E-state index in [1.54, 1.807) is 12.1 Å². The Labute approximate surface area is 174 Å². The molecule has 0 aromatic heterocycles. The van der Waals surface area contributed by atoms with Crippen molar-refractivity contribution in [2.24, 2.45) is 0 Å². The van der Waals surface area contributed by atoms with Gasteiger partial charge in [-0.3, -0.25) is 0 Å². The van der Waals surface area contributed by atoms with Crippen LogP contribution in [-0.4, -0.2) is 58.1 Å². The largest absolute Gasteiger partial charge is 0.493 e. The minimum Gasteiger partial charge on any atom is -0.493 e. The van der Waals surface area contributed by atoms with Crippen molar-refractivity contribution in [1.29, 1.82) is 0 Å². The van der Waals surface area contributed by atoms with Crippen LogP contribution < -0.4 is 4.74 Å². The second-order valence-electron chi connectivity index (χ2n) is 7.67. The molecule has 6 nitrogen and oxygen atoms in total. The topological polar surface area (TPSA) is 99.4 Å². The van der Waals surface area contributed by atoms with Crippen molar-refractivity contribution >= 4 is 11.6 Å². The zero-order valence-electron chi connectivity index (χ0n) is 15.9. The van der Waals surface area contributed by atoms with Crippen LogP contribution in [0.5, 0.6) is 5.75 Å². The summed E-state index contributed by atoms with van der Waals surface area (Å²) in [6.45, 7) is 0.290. The fourth-order valence-electron chi connectivity index (χ4n) is 4.03. The molecule has 156 valence electrons. The van der Waals surface area contributed by atoms with Gasteiger partial charge >= 0.3 is 0 Å². The van der Waals surface area contributed by atoms with Crippen molar-refractivity contribution in [3.63, 3.8) is 0 Å². The van der Waals surface area contributed by atoms with E-state index < -0.39 is 37.1 Å². The van der Waals surface area contributed by atoms with E-state index in [4.69, 9.17) is 21.1 Å². The number of rotatable bonds is 4. The second-order valence-corrected chi connectivity index (χ2v) is 8.08. The third-order valence-electron chi connectivity index (χ3n) is 5.66. The van der Waals surface area contributed by atoms with Gasteiger partial charge in [0.1, 0.15) is 36.3 Å². The number of aryl methyl sites for hydroxylation is 1. The minimum absolute atomic E-state index is 0.459. The van der Waals surface area contributed by atoms with Crippen LogP contribution >= 0.6 is 11.6 Å². The van der Waals surface area contributed by atoms with Crippen LogP contribution in [0.4, 0.5) is 0 Å². The average Bonchev–Trinajstić information content (AvgIpc) is 2.74. The molecule has 4 N–H and O–H groups in total. The summed E-state index contributed by atoms with van der Waals surface area (Å²) in [6.07, 6.45) is -3.34. The number of ether oxygens (including phenoxy) is 2. The van der Waals surface area contributed by atoms with Crippen LogP contribution in [0, 0.1) is 0 Å².